The molecule has 0 radical (unpaired) electrons. The number of halogens is 1. The molecule has 0 saturated carbocycles. The summed E-state index contributed by atoms with van der Waals surface area (Å²) in [5.74, 6) is -0.471. The first kappa shape index (κ1) is 18.3. The zero-order chi connectivity index (χ0) is 18.7. The van der Waals surface area contributed by atoms with Crippen LogP contribution in [-0.2, 0) is 27.8 Å². The third kappa shape index (κ3) is 4.03. The van der Waals surface area contributed by atoms with E-state index in [4.69, 9.17) is 4.74 Å². The van der Waals surface area contributed by atoms with Gasteiger partial charge in [-0.2, -0.15) is 0 Å². The number of fused-ring (bicyclic) bond motifs is 1. The van der Waals surface area contributed by atoms with Crippen molar-refractivity contribution in [1.29, 1.82) is 0 Å². The van der Waals surface area contributed by atoms with Crippen LogP contribution in [0.2, 0.25) is 0 Å². The summed E-state index contributed by atoms with van der Waals surface area (Å²) >= 11 is 0. The Hall–Kier alpha value is -2.45. The quantitative estimate of drug-likeness (QED) is 0.809. The van der Waals surface area contributed by atoms with Crippen LogP contribution in [0.1, 0.15) is 24.5 Å². The maximum Gasteiger partial charge on any atom is 0.243 e. The first-order valence-corrected chi connectivity index (χ1v) is 9.71. The maximum absolute atomic E-state index is 14.3. The highest BCUT2D eigenvalue weighted by Crippen LogP contribution is 2.28. The lowest BCUT2D eigenvalue weighted by molar-refractivity contribution is -0.116. The van der Waals surface area contributed by atoms with Gasteiger partial charge in [0.05, 0.1) is 6.61 Å². The van der Waals surface area contributed by atoms with E-state index >= 15 is 0 Å². The van der Waals surface area contributed by atoms with Crippen molar-refractivity contribution in [3.63, 3.8) is 0 Å². The minimum absolute atomic E-state index is 0.0104. The van der Waals surface area contributed by atoms with Crippen LogP contribution in [0.3, 0.4) is 0 Å². The van der Waals surface area contributed by atoms with E-state index in [9.17, 15) is 17.6 Å². The van der Waals surface area contributed by atoms with Crippen LogP contribution >= 0.6 is 0 Å². The lowest BCUT2D eigenvalue weighted by Gasteiger charge is -2.18. The van der Waals surface area contributed by atoms with Crippen molar-refractivity contribution < 1.29 is 22.3 Å². The number of sulfonamides is 1. The summed E-state index contributed by atoms with van der Waals surface area (Å²) in [6, 6.07) is 9.35. The number of amides is 1. The predicted octanol–water partition coefficient (Wildman–Crippen LogP) is 2.59. The second kappa shape index (κ2) is 7.43. The molecule has 0 aromatic heterocycles. The molecular weight excluding hydrogens is 359 g/mol. The van der Waals surface area contributed by atoms with Crippen LogP contribution < -0.4 is 14.8 Å². The molecule has 26 heavy (non-hydrogen) atoms. The molecule has 0 spiro atoms. The lowest BCUT2D eigenvalue weighted by Crippen LogP contribution is -2.25. The molecule has 0 unspecified atom stereocenters. The van der Waals surface area contributed by atoms with E-state index < -0.39 is 20.7 Å². The van der Waals surface area contributed by atoms with Gasteiger partial charge < -0.3 is 10.1 Å². The van der Waals surface area contributed by atoms with Gasteiger partial charge >= 0.3 is 0 Å². The molecule has 1 amide bonds. The summed E-state index contributed by atoms with van der Waals surface area (Å²) < 4.78 is 47.1. The van der Waals surface area contributed by atoms with Crippen molar-refractivity contribution in [3.8, 4) is 5.75 Å². The van der Waals surface area contributed by atoms with Gasteiger partial charge in [0, 0.05) is 18.7 Å². The van der Waals surface area contributed by atoms with Gasteiger partial charge in [-0.3, -0.25) is 4.79 Å². The Bertz CT molecular complexity index is 944. The molecule has 6 nitrogen and oxygen atoms in total. The number of nitrogens with one attached hydrogen (secondary N) is 2. The van der Waals surface area contributed by atoms with Crippen LogP contribution in [0.5, 0.6) is 5.75 Å². The summed E-state index contributed by atoms with van der Waals surface area (Å²) in [6.45, 7) is 2.37. The van der Waals surface area contributed by atoms with Crippen LogP contribution in [-0.4, -0.2) is 20.9 Å². The number of hydrogen-bond donors (Lipinski definition) is 2. The topological polar surface area (TPSA) is 84.5 Å². The molecule has 8 heteroatoms. The lowest BCUT2D eigenvalue weighted by atomic mass is 10.0. The number of ether oxygens (including phenoxy) is 1. The average molecular weight is 378 g/mol. The zero-order valence-corrected chi connectivity index (χ0v) is 15.0. The molecule has 1 heterocycles. The summed E-state index contributed by atoms with van der Waals surface area (Å²) in [4.78, 5) is 11.0. The highest BCUT2D eigenvalue weighted by Gasteiger charge is 2.24. The molecule has 0 saturated heterocycles. The molecule has 2 aromatic rings. The van der Waals surface area contributed by atoms with Crippen LogP contribution in [0.15, 0.2) is 41.3 Å². The van der Waals surface area contributed by atoms with E-state index in [-0.39, 0.29) is 18.9 Å². The zero-order valence-electron chi connectivity index (χ0n) is 14.2. The van der Waals surface area contributed by atoms with Crippen molar-refractivity contribution in [2.45, 2.75) is 31.2 Å². The van der Waals surface area contributed by atoms with E-state index in [1.165, 1.54) is 6.07 Å². The molecule has 0 bridgehead atoms. The van der Waals surface area contributed by atoms with Gasteiger partial charge in [-0.1, -0.05) is 12.1 Å². The highest BCUT2D eigenvalue weighted by atomic mass is 32.2. The van der Waals surface area contributed by atoms with E-state index in [0.29, 0.717) is 35.6 Å². The standard InChI is InChI=1S/C18H19FN2O4S/c1-2-25-14-5-3-4-12(8-14)11-20-26(23,24)17-9-13-6-7-18(22)21-16(13)10-15(17)19/h3-5,8-10,20H,2,6-7,11H2,1H3,(H,21,22). The van der Waals surface area contributed by atoms with Crippen molar-refractivity contribution in [2.24, 2.45) is 0 Å². The van der Waals surface area contributed by atoms with Crippen LogP contribution in [0, 0.1) is 5.82 Å². The Morgan fingerprint density at radius 1 is 1.23 bits per heavy atom. The monoisotopic (exact) mass is 378 g/mol. The number of carbonyl (C=O) groups excluding carboxylic acids is 1. The maximum atomic E-state index is 14.3. The first-order chi connectivity index (χ1) is 12.4. The molecule has 1 aliphatic heterocycles. The number of hydrogen-bond acceptors (Lipinski definition) is 4. The van der Waals surface area contributed by atoms with Gasteiger partial charge in [-0.05, 0) is 48.7 Å². The fourth-order valence-corrected chi connectivity index (χ4v) is 3.88. The summed E-state index contributed by atoms with van der Waals surface area (Å²) in [7, 11) is -4.04. The van der Waals surface area contributed by atoms with Gasteiger partial charge in [0.15, 0.2) is 0 Å². The molecule has 2 aromatic carbocycles. The Morgan fingerprint density at radius 2 is 2.04 bits per heavy atom. The van der Waals surface area contributed by atoms with Crippen molar-refractivity contribution in [1.82, 2.24) is 4.72 Å². The van der Waals surface area contributed by atoms with Crippen molar-refractivity contribution >= 4 is 21.6 Å². The first-order valence-electron chi connectivity index (χ1n) is 8.22. The van der Waals surface area contributed by atoms with Gasteiger partial charge in [0.1, 0.15) is 16.5 Å². The third-order valence-corrected chi connectivity index (χ3v) is 5.43. The second-order valence-corrected chi connectivity index (χ2v) is 7.63. The van der Waals surface area contributed by atoms with E-state index in [2.05, 4.69) is 10.0 Å². The molecule has 3 rings (SSSR count). The molecule has 0 aliphatic carbocycles. The normalized spacial score (nSPS) is 13.8. The Balaban J connectivity index is 1.80. The number of benzene rings is 2. The molecule has 0 fully saturated rings. The average Bonchev–Trinajstić information content (AvgIpc) is 2.60. The largest absolute Gasteiger partial charge is 0.494 e. The number of anilines is 1. The molecule has 0 atom stereocenters. The van der Waals surface area contributed by atoms with E-state index in [0.717, 1.165) is 6.07 Å². The van der Waals surface area contributed by atoms with Gasteiger partial charge in [-0.25, -0.2) is 17.5 Å². The fraction of sp³-hybridized carbons (Fsp3) is 0.278. The highest BCUT2D eigenvalue weighted by molar-refractivity contribution is 7.89. The number of aryl methyl sites for hydroxylation is 1. The summed E-state index contributed by atoms with van der Waals surface area (Å²) in [5, 5.41) is 2.55. The number of rotatable bonds is 6. The predicted molar refractivity (Wildman–Crippen MR) is 95.0 cm³/mol. The van der Waals surface area contributed by atoms with Crippen molar-refractivity contribution in [2.75, 3.05) is 11.9 Å². The van der Waals surface area contributed by atoms with Crippen LogP contribution in [0.4, 0.5) is 10.1 Å². The minimum Gasteiger partial charge on any atom is -0.494 e. The smallest absolute Gasteiger partial charge is 0.243 e. The number of carbonyl (C=O) groups is 1. The van der Waals surface area contributed by atoms with Gasteiger partial charge in [0.25, 0.3) is 0 Å². The Labute approximate surface area is 151 Å². The fourth-order valence-electron chi connectivity index (χ4n) is 2.75. The van der Waals surface area contributed by atoms with E-state index in [1.807, 2.05) is 6.92 Å². The summed E-state index contributed by atoms with van der Waals surface area (Å²) in [5.41, 5.74) is 1.62. The third-order valence-electron chi connectivity index (χ3n) is 4.02. The Morgan fingerprint density at radius 3 is 2.81 bits per heavy atom. The molecule has 1 aliphatic rings. The SMILES string of the molecule is CCOc1cccc(CNS(=O)(=O)c2cc3c(cc2F)NC(=O)CC3)c1. The molecular formula is C18H19FN2O4S. The molecule has 2 N–H and O–H groups in total. The van der Waals surface area contributed by atoms with Crippen LogP contribution in [0.25, 0.3) is 0 Å². The minimum atomic E-state index is -4.04. The van der Waals surface area contributed by atoms with Gasteiger partial charge in [-0.15, -0.1) is 0 Å². The Kier molecular flexibility index (Phi) is 5.24. The van der Waals surface area contributed by atoms with E-state index in [1.54, 1.807) is 24.3 Å². The summed E-state index contributed by atoms with van der Waals surface area (Å²) in [6.07, 6.45) is 0.621. The second-order valence-electron chi connectivity index (χ2n) is 5.89. The van der Waals surface area contributed by atoms with Gasteiger partial charge in [0.2, 0.25) is 15.9 Å². The van der Waals surface area contributed by atoms with Crippen molar-refractivity contribution in [3.05, 3.63) is 53.3 Å². The molecule has 138 valence electrons.